The van der Waals surface area contributed by atoms with E-state index in [4.69, 9.17) is 5.26 Å². The third-order valence-electron chi connectivity index (χ3n) is 4.47. The Labute approximate surface area is 135 Å². The quantitative estimate of drug-likeness (QED) is 0.648. The van der Waals surface area contributed by atoms with Gasteiger partial charge in [-0.05, 0) is 18.4 Å². The van der Waals surface area contributed by atoms with E-state index in [0.29, 0.717) is 24.3 Å². The van der Waals surface area contributed by atoms with E-state index in [1.807, 2.05) is 34.9 Å². The van der Waals surface area contributed by atoms with Crippen molar-refractivity contribution in [3.63, 3.8) is 0 Å². The van der Waals surface area contributed by atoms with Gasteiger partial charge in [0.05, 0.1) is 18.2 Å². The zero-order valence-corrected chi connectivity index (χ0v) is 13.4. The smallest absolute Gasteiger partial charge is 0.318 e. The van der Waals surface area contributed by atoms with Crippen LogP contribution in [-0.4, -0.2) is 34.0 Å². The largest absolute Gasteiger partial charge is 0.332 e. The van der Waals surface area contributed by atoms with Gasteiger partial charge in [0.15, 0.2) is 0 Å². The van der Waals surface area contributed by atoms with Gasteiger partial charge in [-0.3, -0.25) is 0 Å². The van der Waals surface area contributed by atoms with Crippen molar-refractivity contribution in [3.8, 4) is 6.07 Å². The van der Waals surface area contributed by atoms with Crippen molar-refractivity contribution >= 4 is 17.8 Å². The topological polar surface area (TPSA) is 56.1 Å². The molecule has 0 bridgehead atoms. The van der Waals surface area contributed by atoms with Crippen LogP contribution in [0.2, 0.25) is 0 Å². The molecular weight excluding hydrogens is 294 g/mol. The summed E-state index contributed by atoms with van der Waals surface area (Å²) < 4.78 is 0. The molecule has 3 unspecified atom stereocenters. The molecule has 0 saturated carbocycles. The van der Waals surface area contributed by atoms with Crippen molar-refractivity contribution in [1.29, 1.82) is 5.26 Å². The highest BCUT2D eigenvalue weighted by Gasteiger charge is 2.47. The molecule has 22 heavy (non-hydrogen) atoms. The van der Waals surface area contributed by atoms with Gasteiger partial charge in [0, 0.05) is 24.0 Å². The van der Waals surface area contributed by atoms with Crippen molar-refractivity contribution in [3.05, 3.63) is 35.9 Å². The summed E-state index contributed by atoms with van der Waals surface area (Å²) >= 11 is 1.97. The van der Waals surface area contributed by atoms with Gasteiger partial charge in [-0.2, -0.15) is 17.0 Å². The average Bonchev–Trinajstić information content (AvgIpc) is 3.06. The summed E-state index contributed by atoms with van der Waals surface area (Å²) in [5.74, 6) is 1.01. The Morgan fingerprint density at radius 1 is 1.32 bits per heavy atom. The van der Waals surface area contributed by atoms with E-state index in [9.17, 15) is 4.79 Å². The first-order valence-electron chi connectivity index (χ1n) is 7.89. The van der Waals surface area contributed by atoms with Gasteiger partial charge in [-0.15, -0.1) is 0 Å². The zero-order chi connectivity index (χ0) is 15.4. The molecule has 2 saturated heterocycles. The number of amides is 2. The number of nitriles is 1. The number of unbranched alkanes of at least 4 members (excludes halogenated alkanes) is 2. The predicted octanol–water partition coefficient (Wildman–Crippen LogP) is 3.15. The molecule has 2 fully saturated rings. The number of carbonyl (C=O) groups is 1. The van der Waals surface area contributed by atoms with Crippen LogP contribution in [0.4, 0.5) is 4.79 Å². The van der Waals surface area contributed by atoms with E-state index >= 15 is 0 Å². The Morgan fingerprint density at radius 3 is 2.91 bits per heavy atom. The monoisotopic (exact) mass is 315 g/mol. The maximum absolute atomic E-state index is 12.3. The van der Waals surface area contributed by atoms with Gasteiger partial charge in [0.25, 0.3) is 0 Å². The van der Waals surface area contributed by atoms with Gasteiger partial charge < -0.3 is 10.2 Å². The number of urea groups is 1. The first-order valence-corrected chi connectivity index (χ1v) is 8.94. The van der Waals surface area contributed by atoms with Crippen LogP contribution in [0.25, 0.3) is 0 Å². The molecule has 0 radical (unpaired) electrons. The molecule has 5 heteroatoms. The lowest BCUT2D eigenvalue weighted by molar-refractivity contribution is 0.204. The Balaban J connectivity index is 1.58. The van der Waals surface area contributed by atoms with E-state index in [-0.39, 0.29) is 12.1 Å². The number of fused-ring (bicyclic) bond motifs is 1. The van der Waals surface area contributed by atoms with Crippen LogP contribution in [0.15, 0.2) is 30.3 Å². The molecule has 4 nitrogen and oxygen atoms in total. The zero-order valence-electron chi connectivity index (χ0n) is 12.6. The lowest BCUT2D eigenvalue weighted by Crippen LogP contribution is -2.37. The molecule has 0 aromatic heterocycles. The number of benzene rings is 1. The summed E-state index contributed by atoms with van der Waals surface area (Å²) in [6.07, 6.45) is 3.76. The molecule has 2 heterocycles. The summed E-state index contributed by atoms with van der Waals surface area (Å²) in [6.45, 7) is 0.690. The fourth-order valence-electron chi connectivity index (χ4n) is 3.31. The normalized spacial score (nSPS) is 26.6. The second-order valence-electron chi connectivity index (χ2n) is 5.93. The Kier molecular flexibility index (Phi) is 4.89. The molecule has 3 atom stereocenters. The van der Waals surface area contributed by atoms with Crippen molar-refractivity contribution in [2.24, 2.45) is 0 Å². The van der Waals surface area contributed by atoms with Gasteiger partial charge in [-0.25, -0.2) is 4.79 Å². The van der Waals surface area contributed by atoms with Gasteiger partial charge in [0.1, 0.15) is 0 Å². The van der Waals surface area contributed by atoms with Crippen LogP contribution >= 0.6 is 11.8 Å². The molecule has 1 N–H and O–H groups in total. The second kappa shape index (κ2) is 7.06. The SMILES string of the molecule is N#CCCCCC1SCC2C1NC(=O)N2Cc1ccccc1. The minimum atomic E-state index is 0.0705. The highest BCUT2D eigenvalue weighted by Crippen LogP contribution is 2.37. The van der Waals surface area contributed by atoms with Crippen molar-refractivity contribution in [2.75, 3.05) is 5.75 Å². The Morgan fingerprint density at radius 2 is 2.14 bits per heavy atom. The number of hydrogen-bond donors (Lipinski definition) is 1. The minimum absolute atomic E-state index is 0.0705. The maximum atomic E-state index is 12.3. The average molecular weight is 315 g/mol. The maximum Gasteiger partial charge on any atom is 0.318 e. The lowest BCUT2D eigenvalue weighted by Gasteiger charge is -2.22. The predicted molar refractivity (Wildman–Crippen MR) is 88.4 cm³/mol. The molecule has 3 rings (SSSR count). The molecule has 2 aliphatic heterocycles. The number of nitrogens with one attached hydrogen (secondary N) is 1. The molecule has 2 aliphatic rings. The van der Waals surface area contributed by atoms with Crippen LogP contribution in [-0.2, 0) is 6.54 Å². The van der Waals surface area contributed by atoms with Crippen molar-refractivity contribution in [2.45, 2.75) is 49.6 Å². The molecule has 1 aromatic carbocycles. The van der Waals surface area contributed by atoms with Crippen LogP contribution in [0.3, 0.4) is 0 Å². The third kappa shape index (κ3) is 3.22. The van der Waals surface area contributed by atoms with Crippen LogP contribution in [0.1, 0.15) is 31.2 Å². The van der Waals surface area contributed by atoms with E-state index in [0.717, 1.165) is 25.0 Å². The molecular formula is C17H21N3OS. The van der Waals surface area contributed by atoms with E-state index in [2.05, 4.69) is 23.5 Å². The fraction of sp³-hybridized carbons (Fsp3) is 0.529. The third-order valence-corrected chi connectivity index (χ3v) is 5.96. The highest BCUT2D eigenvalue weighted by molar-refractivity contribution is 8.00. The standard InChI is InChI=1S/C17H21N3OS/c18-10-6-2-5-9-15-16-14(12-22-15)20(17(21)19-16)11-13-7-3-1-4-8-13/h1,3-4,7-8,14-16H,2,5-6,9,11-12H2,(H,19,21). The lowest BCUT2D eigenvalue weighted by atomic mass is 10.0. The fourth-order valence-corrected chi connectivity index (χ4v) is 4.93. The van der Waals surface area contributed by atoms with E-state index < -0.39 is 0 Å². The first-order chi connectivity index (χ1) is 10.8. The van der Waals surface area contributed by atoms with Crippen molar-refractivity contribution < 1.29 is 4.79 Å². The molecule has 1 aromatic rings. The van der Waals surface area contributed by atoms with Gasteiger partial charge >= 0.3 is 6.03 Å². The van der Waals surface area contributed by atoms with Gasteiger partial charge in [0.2, 0.25) is 0 Å². The number of carbonyl (C=O) groups excluding carboxylic acids is 1. The summed E-state index contributed by atoms with van der Waals surface area (Å²) in [7, 11) is 0. The molecule has 116 valence electrons. The summed E-state index contributed by atoms with van der Waals surface area (Å²) in [5, 5.41) is 12.3. The molecule has 2 amide bonds. The van der Waals surface area contributed by atoms with Crippen LogP contribution in [0.5, 0.6) is 0 Å². The number of rotatable bonds is 6. The van der Waals surface area contributed by atoms with Gasteiger partial charge in [-0.1, -0.05) is 36.8 Å². The second-order valence-corrected chi connectivity index (χ2v) is 7.20. The van der Waals surface area contributed by atoms with Crippen LogP contribution < -0.4 is 5.32 Å². The summed E-state index contributed by atoms with van der Waals surface area (Å²) in [6, 6.07) is 13.0. The minimum Gasteiger partial charge on any atom is -0.332 e. The van der Waals surface area contributed by atoms with Crippen molar-refractivity contribution in [1.82, 2.24) is 10.2 Å². The number of thioether (sulfide) groups is 1. The first kappa shape index (κ1) is 15.2. The Hall–Kier alpha value is -1.67. The summed E-state index contributed by atoms with van der Waals surface area (Å²) in [4.78, 5) is 14.3. The van der Waals surface area contributed by atoms with E-state index in [1.54, 1.807) is 0 Å². The molecule has 0 spiro atoms. The Bertz CT molecular complexity index is 557. The number of hydrogen-bond acceptors (Lipinski definition) is 3. The highest BCUT2D eigenvalue weighted by atomic mass is 32.2. The van der Waals surface area contributed by atoms with E-state index in [1.165, 1.54) is 5.56 Å². The number of nitrogens with zero attached hydrogens (tertiary/aromatic N) is 2. The summed E-state index contributed by atoms with van der Waals surface area (Å²) in [5.41, 5.74) is 1.18. The van der Waals surface area contributed by atoms with Crippen LogP contribution in [0, 0.1) is 11.3 Å². The molecule has 0 aliphatic carbocycles.